The zero-order valence-electron chi connectivity index (χ0n) is 6.95. The van der Waals surface area contributed by atoms with E-state index < -0.39 is 5.97 Å². The number of hydrogen-bond donors (Lipinski definition) is 1. The molecule has 1 rings (SSSR count). The Kier molecular flexibility index (Phi) is 4.76. The molecule has 0 aromatic rings. The van der Waals surface area contributed by atoms with Gasteiger partial charge in [-0.05, 0) is 12.8 Å². The van der Waals surface area contributed by atoms with Crippen molar-refractivity contribution in [1.82, 2.24) is 0 Å². The van der Waals surface area contributed by atoms with Crippen LogP contribution in [0.5, 0.6) is 0 Å². The molecule has 0 amide bonds. The summed E-state index contributed by atoms with van der Waals surface area (Å²) in [4.78, 5) is 19.5. The van der Waals surface area contributed by atoms with E-state index in [1.54, 1.807) is 0 Å². The first-order chi connectivity index (χ1) is 5.57. The van der Waals surface area contributed by atoms with Crippen LogP contribution < -0.4 is 0 Å². The predicted molar refractivity (Wildman–Crippen MR) is 42.3 cm³/mol. The van der Waals surface area contributed by atoms with E-state index >= 15 is 0 Å². The predicted octanol–water partition coefficient (Wildman–Crippen LogP) is 1.17. The fourth-order valence-corrected chi connectivity index (χ4v) is 0.448. The molecule has 0 spiro atoms. The third-order valence-corrected chi connectivity index (χ3v) is 1.18. The van der Waals surface area contributed by atoms with Crippen LogP contribution in [0.1, 0.15) is 19.8 Å². The van der Waals surface area contributed by atoms with Crippen molar-refractivity contribution in [2.24, 2.45) is 5.92 Å². The van der Waals surface area contributed by atoms with Crippen LogP contribution in [0.3, 0.4) is 0 Å². The van der Waals surface area contributed by atoms with E-state index in [9.17, 15) is 9.59 Å². The minimum Gasteiger partial charge on any atom is -0.481 e. The van der Waals surface area contributed by atoms with Crippen LogP contribution in [-0.4, -0.2) is 17.0 Å². The van der Waals surface area contributed by atoms with E-state index in [2.05, 4.69) is 11.3 Å². The molecule has 68 valence electrons. The summed E-state index contributed by atoms with van der Waals surface area (Å²) >= 11 is 0. The van der Waals surface area contributed by atoms with Crippen molar-refractivity contribution in [3.05, 3.63) is 12.8 Å². The third-order valence-electron chi connectivity index (χ3n) is 1.18. The van der Waals surface area contributed by atoms with Crippen LogP contribution in [0.25, 0.3) is 0 Å². The number of rotatable bonds is 2. The Hall–Kier alpha value is -1.32. The Morgan fingerprint density at radius 3 is 2.08 bits per heavy atom. The molecule has 0 atom stereocenters. The van der Waals surface area contributed by atoms with Crippen LogP contribution in [0, 0.1) is 5.92 Å². The summed E-state index contributed by atoms with van der Waals surface area (Å²) in [6, 6.07) is 0. The minimum atomic E-state index is -0.630. The van der Waals surface area contributed by atoms with E-state index in [1.165, 1.54) is 6.92 Å². The van der Waals surface area contributed by atoms with Gasteiger partial charge < -0.3 is 9.84 Å². The SMILES string of the molecule is C=COC(C)=O.O=C(O)C1CC1. The van der Waals surface area contributed by atoms with Gasteiger partial charge in [0.1, 0.15) is 0 Å². The van der Waals surface area contributed by atoms with Crippen molar-refractivity contribution in [2.45, 2.75) is 19.8 Å². The Morgan fingerprint density at radius 2 is 2.08 bits per heavy atom. The molecule has 4 nitrogen and oxygen atoms in total. The van der Waals surface area contributed by atoms with Gasteiger partial charge in [0.25, 0.3) is 0 Å². The number of carbonyl (C=O) groups is 2. The van der Waals surface area contributed by atoms with Gasteiger partial charge >= 0.3 is 11.9 Å². The molecular formula is C8H12O4. The van der Waals surface area contributed by atoms with Gasteiger partial charge in [0.2, 0.25) is 0 Å². The molecule has 0 heterocycles. The summed E-state index contributed by atoms with van der Waals surface area (Å²) in [6.07, 6.45) is 2.90. The number of carboxylic acid groups (broad SMARTS) is 1. The monoisotopic (exact) mass is 172 g/mol. The molecule has 0 unspecified atom stereocenters. The highest BCUT2D eigenvalue weighted by Gasteiger charge is 2.28. The molecule has 1 fully saturated rings. The summed E-state index contributed by atoms with van der Waals surface area (Å²) in [5, 5.41) is 8.05. The van der Waals surface area contributed by atoms with Gasteiger partial charge in [-0.1, -0.05) is 6.58 Å². The molecule has 12 heavy (non-hydrogen) atoms. The quantitative estimate of drug-likeness (QED) is 0.501. The summed E-state index contributed by atoms with van der Waals surface area (Å²) < 4.78 is 4.17. The topological polar surface area (TPSA) is 63.6 Å². The van der Waals surface area contributed by atoms with E-state index in [-0.39, 0.29) is 11.9 Å². The van der Waals surface area contributed by atoms with Crippen LogP contribution in [0.2, 0.25) is 0 Å². The maximum Gasteiger partial charge on any atom is 0.307 e. The molecule has 0 aliphatic heterocycles. The molecule has 0 radical (unpaired) electrons. The van der Waals surface area contributed by atoms with Gasteiger partial charge in [-0.15, -0.1) is 0 Å². The maximum atomic E-state index is 9.76. The van der Waals surface area contributed by atoms with Crippen LogP contribution in [0.15, 0.2) is 12.8 Å². The molecule has 4 heteroatoms. The zero-order chi connectivity index (χ0) is 9.56. The normalized spacial score (nSPS) is 13.8. The highest BCUT2D eigenvalue weighted by Crippen LogP contribution is 2.28. The fourth-order valence-electron chi connectivity index (χ4n) is 0.448. The first kappa shape index (κ1) is 10.7. The second-order valence-electron chi connectivity index (χ2n) is 2.39. The lowest BCUT2D eigenvalue weighted by molar-refractivity contribution is -0.138. The number of hydrogen-bond acceptors (Lipinski definition) is 3. The van der Waals surface area contributed by atoms with Crippen LogP contribution in [0.4, 0.5) is 0 Å². The Morgan fingerprint density at radius 1 is 1.58 bits per heavy atom. The van der Waals surface area contributed by atoms with Crippen molar-refractivity contribution in [2.75, 3.05) is 0 Å². The summed E-state index contributed by atoms with van der Waals surface area (Å²) in [7, 11) is 0. The van der Waals surface area contributed by atoms with Gasteiger partial charge in [-0.2, -0.15) is 0 Å². The molecular weight excluding hydrogens is 160 g/mol. The van der Waals surface area contributed by atoms with Crippen molar-refractivity contribution in [3.8, 4) is 0 Å². The Balaban J connectivity index is 0.000000202. The van der Waals surface area contributed by atoms with E-state index in [0.29, 0.717) is 0 Å². The molecule has 1 N–H and O–H groups in total. The fraction of sp³-hybridized carbons (Fsp3) is 0.500. The Bertz CT molecular complexity index is 181. The lowest BCUT2D eigenvalue weighted by Crippen LogP contribution is -1.94. The van der Waals surface area contributed by atoms with Crippen LogP contribution in [-0.2, 0) is 14.3 Å². The van der Waals surface area contributed by atoms with Gasteiger partial charge in [0, 0.05) is 6.92 Å². The van der Waals surface area contributed by atoms with Crippen molar-refractivity contribution >= 4 is 11.9 Å². The van der Waals surface area contributed by atoms with Crippen molar-refractivity contribution in [1.29, 1.82) is 0 Å². The number of esters is 1. The van der Waals surface area contributed by atoms with Crippen molar-refractivity contribution in [3.63, 3.8) is 0 Å². The zero-order valence-corrected chi connectivity index (χ0v) is 6.95. The molecule has 0 aromatic heterocycles. The average molecular weight is 172 g/mol. The number of carboxylic acids is 1. The largest absolute Gasteiger partial charge is 0.481 e. The Labute approximate surface area is 70.8 Å². The summed E-state index contributed by atoms with van der Waals surface area (Å²) in [6.45, 7) is 4.48. The second-order valence-corrected chi connectivity index (χ2v) is 2.39. The molecule has 1 aliphatic carbocycles. The van der Waals surface area contributed by atoms with Gasteiger partial charge in [-0.3, -0.25) is 9.59 Å². The highest BCUT2D eigenvalue weighted by molar-refractivity contribution is 5.72. The molecule has 0 aromatic carbocycles. The summed E-state index contributed by atoms with van der Waals surface area (Å²) in [5.74, 6) is -0.940. The third kappa shape index (κ3) is 6.80. The molecule has 0 saturated heterocycles. The number of carbonyl (C=O) groups excluding carboxylic acids is 1. The smallest absolute Gasteiger partial charge is 0.307 e. The standard InChI is InChI=1S/2C4H6O2/c5-4(6)3-1-2-3;1-3-6-4(2)5/h3H,1-2H2,(H,5,6);3H,1H2,2H3. The van der Waals surface area contributed by atoms with E-state index in [1.807, 2.05) is 0 Å². The van der Waals surface area contributed by atoms with E-state index in [4.69, 9.17) is 5.11 Å². The van der Waals surface area contributed by atoms with Crippen LogP contribution >= 0.6 is 0 Å². The lowest BCUT2D eigenvalue weighted by Gasteiger charge is -1.83. The first-order valence-corrected chi connectivity index (χ1v) is 3.59. The van der Waals surface area contributed by atoms with E-state index in [0.717, 1.165) is 19.1 Å². The first-order valence-electron chi connectivity index (χ1n) is 3.59. The van der Waals surface area contributed by atoms with Gasteiger partial charge in [0.05, 0.1) is 12.2 Å². The van der Waals surface area contributed by atoms with Gasteiger partial charge in [-0.25, -0.2) is 0 Å². The molecule has 0 bridgehead atoms. The maximum absolute atomic E-state index is 9.76. The number of aliphatic carboxylic acids is 1. The average Bonchev–Trinajstić information content (AvgIpc) is 2.67. The summed E-state index contributed by atoms with van der Waals surface area (Å²) in [5.41, 5.74) is 0. The highest BCUT2D eigenvalue weighted by atomic mass is 16.5. The second kappa shape index (κ2) is 5.35. The number of ether oxygens (including phenoxy) is 1. The van der Waals surface area contributed by atoms with Crippen molar-refractivity contribution < 1.29 is 19.4 Å². The minimum absolute atomic E-state index is 0.0185. The lowest BCUT2D eigenvalue weighted by atomic mass is 10.5. The molecule has 1 aliphatic rings. The molecule has 1 saturated carbocycles. The van der Waals surface area contributed by atoms with Gasteiger partial charge in [0.15, 0.2) is 0 Å².